The van der Waals surface area contributed by atoms with E-state index in [-0.39, 0.29) is 0 Å². The molecule has 0 aliphatic rings. The van der Waals surface area contributed by atoms with Gasteiger partial charge in [0.2, 0.25) is 5.88 Å². The smallest absolute Gasteiger partial charge is 0.222 e. The quantitative estimate of drug-likeness (QED) is 0.709. The molecule has 116 valence electrons. The first kappa shape index (κ1) is 15.0. The standard InChI is InChI=1S/C19H18N2O2/c1-14-11-16(18(22-2)13-21-14)12-15-7-6-10-20-19(15)23-17-8-4-3-5-9-17/h3-11,13H,12H2,1-2H3. The Balaban J connectivity index is 1.91. The van der Waals surface area contributed by atoms with Gasteiger partial charge < -0.3 is 9.47 Å². The van der Waals surface area contributed by atoms with Crippen molar-refractivity contribution in [3.8, 4) is 17.4 Å². The molecule has 0 fully saturated rings. The maximum Gasteiger partial charge on any atom is 0.222 e. The van der Waals surface area contributed by atoms with E-state index >= 15 is 0 Å². The van der Waals surface area contributed by atoms with Gasteiger partial charge in [-0.05, 0) is 31.2 Å². The molecule has 2 heterocycles. The number of nitrogens with zero attached hydrogens (tertiary/aromatic N) is 2. The Bertz CT molecular complexity index is 788. The minimum atomic E-state index is 0.607. The highest BCUT2D eigenvalue weighted by molar-refractivity contribution is 5.40. The van der Waals surface area contributed by atoms with Gasteiger partial charge in [-0.25, -0.2) is 4.98 Å². The molecule has 0 saturated carbocycles. The van der Waals surface area contributed by atoms with Crippen LogP contribution < -0.4 is 9.47 Å². The minimum Gasteiger partial charge on any atom is -0.495 e. The summed E-state index contributed by atoms with van der Waals surface area (Å²) >= 11 is 0. The molecule has 0 aliphatic carbocycles. The van der Waals surface area contributed by atoms with Crippen LogP contribution in [0.15, 0.2) is 60.9 Å². The SMILES string of the molecule is COc1cnc(C)cc1Cc1cccnc1Oc1ccccc1. The first-order valence-corrected chi connectivity index (χ1v) is 7.42. The van der Waals surface area contributed by atoms with Gasteiger partial charge in [0.25, 0.3) is 0 Å². The van der Waals surface area contributed by atoms with E-state index in [1.54, 1.807) is 19.5 Å². The van der Waals surface area contributed by atoms with E-state index in [2.05, 4.69) is 9.97 Å². The van der Waals surface area contributed by atoms with E-state index in [0.717, 1.165) is 28.3 Å². The summed E-state index contributed by atoms with van der Waals surface area (Å²) in [6.07, 6.45) is 4.15. The number of rotatable bonds is 5. The van der Waals surface area contributed by atoms with E-state index in [0.29, 0.717) is 12.3 Å². The van der Waals surface area contributed by atoms with Crippen LogP contribution in [0.2, 0.25) is 0 Å². The molecule has 0 atom stereocenters. The summed E-state index contributed by atoms with van der Waals surface area (Å²) in [7, 11) is 1.65. The molecule has 0 saturated heterocycles. The molecule has 3 rings (SSSR count). The average molecular weight is 306 g/mol. The van der Waals surface area contributed by atoms with Crippen LogP contribution in [0.4, 0.5) is 0 Å². The summed E-state index contributed by atoms with van der Waals surface area (Å²) in [6, 6.07) is 15.6. The van der Waals surface area contributed by atoms with Crippen molar-refractivity contribution in [2.75, 3.05) is 7.11 Å². The van der Waals surface area contributed by atoms with Gasteiger partial charge in [-0.1, -0.05) is 24.3 Å². The lowest BCUT2D eigenvalue weighted by molar-refractivity contribution is 0.407. The zero-order valence-corrected chi connectivity index (χ0v) is 13.2. The number of methoxy groups -OCH3 is 1. The zero-order valence-electron chi connectivity index (χ0n) is 13.2. The first-order chi connectivity index (χ1) is 11.3. The molecular weight excluding hydrogens is 288 g/mol. The second-order valence-electron chi connectivity index (χ2n) is 5.20. The molecule has 0 aliphatic heterocycles. The lowest BCUT2D eigenvalue weighted by Gasteiger charge is -2.12. The normalized spacial score (nSPS) is 10.3. The monoisotopic (exact) mass is 306 g/mol. The molecule has 0 spiro atoms. The summed E-state index contributed by atoms with van der Waals surface area (Å²) in [5.41, 5.74) is 3.02. The number of aryl methyl sites for hydroxylation is 1. The lowest BCUT2D eigenvalue weighted by Crippen LogP contribution is -1.99. The van der Waals surface area contributed by atoms with Gasteiger partial charge in [0.1, 0.15) is 11.5 Å². The minimum absolute atomic E-state index is 0.607. The maximum absolute atomic E-state index is 5.92. The Morgan fingerprint density at radius 1 is 0.957 bits per heavy atom. The molecule has 0 unspecified atom stereocenters. The summed E-state index contributed by atoms with van der Waals surface area (Å²) < 4.78 is 11.3. The fourth-order valence-corrected chi connectivity index (χ4v) is 2.38. The van der Waals surface area contributed by atoms with Crippen molar-refractivity contribution < 1.29 is 9.47 Å². The van der Waals surface area contributed by atoms with Crippen molar-refractivity contribution in [1.29, 1.82) is 0 Å². The Hall–Kier alpha value is -2.88. The van der Waals surface area contributed by atoms with Crippen molar-refractivity contribution >= 4 is 0 Å². The Labute approximate surface area is 135 Å². The number of pyridine rings is 2. The number of aromatic nitrogens is 2. The van der Waals surface area contributed by atoms with Crippen molar-refractivity contribution in [2.24, 2.45) is 0 Å². The number of hydrogen-bond donors (Lipinski definition) is 0. The molecule has 4 nitrogen and oxygen atoms in total. The third-order valence-electron chi connectivity index (χ3n) is 3.49. The zero-order chi connectivity index (χ0) is 16.1. The summed E-state index contributed by atoms with van der Waals surface area (Å²) in [6.45, 7) is 1.97. The lowest BCUT2D eigenvalue weighted by atomic mass is 10.1. The number of hydrogen-bond acceptors (Lipinski definition) is 4. The maximum atomic E-state index is 5.92. The molecule has 3 aromatic rings. The fourth-order valence-electron chi connectivity index (χ4n) is 2.38. The molecule has 23 heavy (non-hydrogen) atoms. The predicted molar refractivity (Wildman–Crippen MR) is 89.1 cm³/mol. The molecule has 0 bridgehead atoms. The van der Waals surface area contributed by atoms with Crippen LogP contribution in [0.1, 0.15) is 16.8 Å². The third-order valence-corrected chi connectivity index (χ3v) is 3.49. The van der Waals surface area contributed by atoms with Crippen LogP contribution >= 0.6 is 0 Å². The molecule has 0 amide bonds. The largest absolute Gasteiger partial charge is 0.495 e. The van der Waals surface area contributed by atoms with Crippen LogP contribution in [0.5, 0.6) is 17.4 Å². The highest BCUT2D eigenvalue weighted by atomic mass is 16.5. The highest BCUT2D eigenvalue weighted by Crippen LogP contribution is 2.27. The van der Waals surface area contributed by atoms with Gasteiger partial charge in [-0.2, -0.15) is 0 Å². The van der Waals surface area contributed by atoms with Crippen molar-refractivity contribution in [3.63, 3.8) is 0 Å². The van der Waals surface area contributed by atoms with Crippen LogP contribution in [0.25, 0.3) is 0 Å². The van der Waals surface area contributed by atoms with E-state index in [4.69, 9.17) is 9.47 Å². The highest BCUT2D eigenvalue weighted by Gasteiger charge is 2.11. The van der Waals surface area contributed by atoms with Gasteiger partial charge >= 0.3 is 0 Å². The van der Waals surface area contributed by atoms with Crippen molar-refractivity contribution in [2.45, 2.75) is 13.3 Å². The Morgan fingerprint density at radius 3 is 2.57 bits per heavy atom. The number of benzene rings is 1. The average Bonchev–Trinajstić information content (AvgIpc) is 2.58. The molecule has 2 aromatic heterocycles. The summed E-state index contributed by atoms with van der Waals surface area (Å²) in [5, 5.41) is 0. The molecule has 0 N–H and O–H groups in total. The van der Waals surface area contributed by atoms with Crippen molar-refractivity contribution in [1.82, 2.24) is 9.97 Å². The van der Waals surface area contributed by atoms with Crippen molar-refractivity contribution in [3.05, 3.63) is 77.7 Å². The molecule has 0 radical (unpaired) electrons. The Kier molecular flexibility index (Phi) is 4.52. The number of para-hydroxylation sites is 1. The van der Waals surface area contributed by atoms with Crippen LogP contribution in [0, 0.1) is 6.92 Å². The van der Waals surface area contributed by atoms with Gasteiger partial charge in [-0.3, -0.25) is 4.98 Å². The fraction of sp³-hybridized carbons (Fsp3) is 0.158. The van der Waals surface area contributed by atoms with E-state index in [9.17, 15) is 0 Å². The van der Waals surface area contributed by atoms with Gasteiger partial charge in [-0.15, -0.1) is 0 Å². The topological polar surface area (TPSA) is 44.2 Å². The van der Waals surface area contributed by atoms with Crippen LogP contribution in [0.3, 0.4) is 0 Å². The summed E-state index contributed by atoms with van der Waals surface area (Å²) in [4.78, 5) is 8.64. The second kappa shape index (κ2) is 6.92. The molecule has 4 heteroatoms. The second-order valence-corrected chi connectivity index (χ2v) is 5.20. The van der Waals surface area contributed by atoms with E-state index in [1.165, 1.54) is 0 Å². The van der Waals surface area contributed by atoms with Crippen LogP contribution in [-0.2, 0) is 6.42 Å². The Morgan fingerprint density at radius 2 is 1.78 bits per heavy atom. The third kappa shape index (κ3) is 3.66. The predicted octanol–water partition coefficient (Wildman–Crippen LogP) is 4.18. The summed E-state index contributed by atoms with van der Waals surface area (Å²) in [5.74, 6) is 2.14. The van der Waals surface area contributed by atoms with Gasteiger partial charge in [0, 0.05) is 29.4 Å². The van der Waals surface area contributed by atoms with E-state index < -0.39 is 0 Å². The van der Waals surface area contributed by atoms with Gasteiger partial charge in [0.05, 0.1) is 13.3 Å². The number of ether oxygens (including phenoxy) is 2. The molecular formula is C19H18N2O2. The van der Waals surface area contributed by atoms with E-state index in [1.807, 2.05) is 55.5 Å². The van der Waals surface area contributed by atoms with Gasteiger partial charge in [0.15, 0.2) is 0 Å². The molecule has 1 aromatic carbocycles. The van der Waals surface area contributed by atoms with Crippen LogP contribution in [-0.4, -0.2) is 17.1 Å². The first-order valence-electron chi connectivity index (χ1n) is 7.42.